The highest BCUT2D eigenvalue weighted by atomic mass is 32.1. The van der Waals surface area contributed by atoms with Gasteiger partial charge in [0.05, 0.1) is 10.4 Å². The molecule has 2 N–H and O–H groups in total. The molecule has 0 aliphatic rings. The van der Waals surface area contributed by atoms with E-state index in [2.05, 4.69) is 5.32 Å². The van der Waals surface area contributed by atoms with Crippen LogP contribution in [-0.4, -0.2) is 17.0 Å². The molecule has 92 valence electrons. The van der Waals surface area contributed by atoms with Crippen LogP contribution in [0.5, 0.6) is 5.75 Å². The third-order valence-electron chi connectivity index (χ3n) is 2.21. The summed E-state index contributed by atoms with van der Waals surface area (Å²) in [6, 6.07) is 7.03. The van der Waals surface area contributed by atoms with Crippen LogP contribution < -0.4 is 10.4 Å². The fourth-order valence-electron chi connectivity index (χ4n) is 1.38. The van der Waals surface area contributed by atoms with Crippen LogP contribution in [0.1, 0.15) is 20.0 Å². The summed E-state index contributed by atoms with van der Waals surface area (Å²) in [5, 5.41) is 24.3. The number of amides is 1. The van der Waals surface area contributed by atoms with Gasteiger partial charge in [0.2, 0.25) is 0 Å². The lowest BCUT2D eigenvalue weighted by Crippen LogP contribution is -2.11. The third kappa shape index (κ3) is 2.49. The molecule has 1 heterocycles. The highest BCUT2D eigenvalue weighted by Gasteiger charge is 2.09. The molecule has 0 fully saturated rings. The molecule has 5 nitrogen and oxygen atoms in total. The first-order chi connectivity index (χ1) is 8.58. The Bertz CT molecular complexity index is 592. The van der Waals surface area contributed by atoms with Crippen molar-refractivity contribution in [2.45, 2.75) is 0 Å². The Labute approximate surface area is 106 Å². The molecule has 1 aromatic heterocycles. The zero-order chi connectivity index (χ0) is 13.1. The number of hydrogen-bond donors (Lipinski definition) is 2. The summed E-state index contributed by atoms with van der Waals surface area (Å²) < 4.78 is 0. The van der Waals surface area contributed by atoms with E-state index in [0.29, 0.717) is 4.88 Å². The number of anilines is 1. The minimum absolute atomic E-state index is 0.283. The smallest absolute Gasteiger partial charge is 0.335 e. The Hall–Kier alpha value is -2.34. The number of aromatic carboxylic acids is 1. The number of thiophene rings is 1. The van der Waals surface area contributed by atoms with Crippen LogP contribution in [0, 0.1) is 0 Å². The molecule has 0 radical (unpaired) electrons. The second-order valence-electron chi connectivity index (χ2n) is 3.45. The number of rotatable bonds is 3. The number of carboxylic acid groups (broad SMARTS) is 1. The van der Waals surface area contributed by atoms with E-state index in [-0.39, 0.29) is 17.2 Å². The number of benzene rings is 1. The molecule has 1 amide bonds. The summed E-state index contributed by atoms with van der Waals surface area (Å²) in [6.45, 7) is 0. The molecule has 1 aromatic carbocycles. The summed E-state index contributed by atoms with van der Waals surface area (Å²) in [7, 11) is 0. The van der Waals surface area contributed by atoms with Crippen LogP contribution in [-0.2, 0) is 0 Å². The third-order valence-corrected chi connectivity index (χ3v) is 3.08. The van der Waals surface area contributed by atoms with E-state index in [4.69, 9.17) is 5.11 Å². The number of hydrogen-bond acceptors (Lipinski definition) is 4. The molecule has 0 saturated heterocycles. The van der Waals surface area contributed by atoms with Gasteiger partial charge in [-0.3, -0.25) is 4.79 Å². The fourth-order valence-corrected chi connectivity index (χ4v) is 1.99. The minimum atomic E-state index is -1.31. The molecule has 0 unspecified atom stereocenters. The molecule has 6 heteroatoms. The van der Waals surface area contributed by atoms with Gasteiger partial charge in [0, 0.05) is 5.69 Å². The second-order valence-corrected chi connectivity index (χ2v) is 4.40. The molecular weight excluding hydrogens is 254 g/mol. The molecule has 0 bridgehead atoms. The normalized spacial score (nSPS) is 10.0. The van der Waals surface area contributed by atoms with Gasteiger partial charge in [0.1, 0.15) is 0 Å². The Morgan fingerprint density at radius 1 is 1.28 bits per heavy atom. The van der Waals surface area contributed by atoms with Gasteiger partial charge >= 0.3 is 5.97 Å². The van der Waals surface area contributed by atoms with Crippen LogP contribution in [0.3, 0.4) is 0 Å². The Kier molecular flexibility index (Phi) is 3.29. The predicted molar refractivity (Wildman–Crippen MR) is 65.1 cm³/mol. The van der Waals surface area contributed by atoms with Gasteiger partial charge in [-0.05, 0) is 23.6 Å². The maximum absolute atomic E-state index is 11.7. The van der Waals surface area contributed by atoms with Gasteiger partial charge in [0.25, 0.3) is 5.91 Å². The quantitative estimate of drug-likeness (QED) is 0.882. The lowest BCUT2D eigenvalue weighted by Gasteiger charge is -2.12. The van der Waals surface area contributed by atoms with Gasteiger partial charge in [0.15, 0.2) is 0 Å². The number of nitrogens with one attached hydrogen (secondary N) is 1. The van der Waals surface area contributed by atoms with Crippen molar-refractivity contribution in [1.82, 2.24) is 0 Å². The highest BCUT2D eigenvalue weighted by Crippen LogP contribution is 2.20. The fraction of sp³-hybridized carbons (Fsp3) is 0. The van der Waals surface area contributed by atoms with Crippen molar-refractivity contribution < 1.29 is 19.8 Å². The summed E-state index contributed by atoms with van der Waals surface area (Å²) in [4.78, 5) is 23.0. The highest BCUT2D eigenvalue weighted by molar-refractivity contribution is 7.12. The lowest BCUT2D eigenvalue weighted by atomic mass is 10.2. The van der Waals surface area contributed by atoms with Crippen LogP contribution in [0.4, 0.5) is 5.69 Å². The Morgan fingerprint density at radius 3 is 2.67 bits per heavy atom. The van der Waals surface area contributed by atoms with E-state index < -0.39 is 11.7 Å². The van der Waals surface area contributed by atoms with Gasteiger partial charge in [-0.2, -0.15) is 0 Å². The Morgan fingerprint density at radius 2 is 2.06 bits per heavy atom. The van der Waals surface area contributed by atoms with E-state index >= 15 is 0 Å². The van der Waals surface area contributed by atoms with Crippen molar-refractivity contribution in [3.05, 3.63) is 46.2 Å². The lowest BCUT2D eigenvalue weighted by molar-refractivity contribution is -0.268. The molecule has 0 spiro atoms. The number of carbonyl (C=O) groups is 2. The van der Waals surface area contributed by atoms with E-state index in [0.717, 1.165) is 12.1 Å². The summed E-state index contributed by atoms with van der Waals surface area (Å²) >= 11 is 1.27. The van der Waals surface area contributed by atoms with Crippen molar-refractivity contribution in [2.24, 2.45) is 0 Å². The number of carboxylic acids is 1. The van der Waals surface area contributed by atoms with Gasteiger partial charge in [-0.1, -0.05) is 17.9 Å². The monoisotopic (exact) mass is 262 g/mol. The van der Waals surface area contributed by atoms with Crippen LogP contribution in [0.15, 0.2) is 35.7 Å². The predicted octanol–water partition coefficient (Wildman–Crippen LogP) is 1.77. The van der Waals surface area contributed by atoms with Crippen molar-refractivity contribution in [1.29, 1.82) is 0 Å². The zero-order valence-electron chi connectivity index (χ0n) is 9.04. The summed E-state index contributed by atoms with van der Waals surface area (Å²) in [5.41, 5.74) is -0.0793. The average molecular weight is 262 g/mol. The molecule has 2 rings (SSSR count). The van der Waals surface area contributed by atoms with Crippen molar-refractivity contribution in [2.75, 3.05) is 5.32 Å². The molecule has 2 aromatic rings. The molecule has 0 saturated carbocycles. The zero-order valence-corrected chi connectivity index (χ0v) is 9.86. The van der Waals surface area contributed by atoms with E-state index in [1.807, 2.05) is 0 Å². The summed E-state index contributed by atoms with van der Waals surface area (Å²) in [5.74, 6) is -2.23. The van der Waals surface area contributed by atoms with Gasteiger partial charge in [-0.15, -0.1) is 11.3 Å². The first-order valence-corrected chi connectivity index (χ1v) is 5.85. The first kappa shape index (κ1) is 12.1. The number of carbonyl (C=O) groups excluding carboxylic acids is 1. The second kappa shape index (κ2) is 4.89. The SMILES string of the molecule is O=C(Nc1ccc([O-])c(C(=O)O)c1)c1cccs1. The maximum atomic E-state index is 11.7. The molecule has 0 aliphatic carbocycles. The van der Waals surface area contributed by atoms with Crippen molar-refractivity contribution in [3.8, 4) is 5.75 Å². The largest absolute Gasteiger partial charge is 0.872 e. The first-order valence-electron chi connectivity index (χ1n) is 4.97. The van der Waals surface area contributed by atoms with Gasteiger partial charge in [-0.25, -0.2) is 4.79 Å². The average Bonchev–Trinajstić information content (AvgIpc) is 2.85. The van der Waals surface area contributed by atoms with Crippen LogP contribution >= 0.6 is 11.3 Å². The van der Waals surface area contributed by atoms with Crippen molar-refractivity contribution >= 4 is 28.9 Å². The minimum Gasteiger partial charge on any atom is -0.872 e. The van der Waals surface area contributed by atoms with E-state index in [9.17, 15) is 14.7 Å². The molecule has 18 heavy (non-hydrogen) atoms. The van der Waals surface area contributed by atoms with Gasteiger partial charge < -0.3 is 15.5 Å². The Balaban J connectivity index is 2.22. The topological polar surface area (TPSA) is 89.5 Å². The molecule has 0 aliphatic heterocycles. The van der Waals surface area contributed by atoms with Crippen LogP contribution in [0.2, 0.25) is 0 Å². The summed E-state index contributed by atoms with van der Waals surface area (Å²) in [6.07, 6.45) is 0. The van der Waals surface area contributed by atoms with E-state index in [1.165, 1.54) is 17.4 Å². The molecule has 0 atom stereocenters. The standard InChI is InChI=1S/C12H9NO4S/c14-9-4-3-7(6-8(9)12(16)17)13-11(15)10-2-1-5-18-10/h1-6,14H,(H,13,15)(H,16,17)/p-1. The van der Waals surface area contributed by atoms with Crippen LogP contribution in [0.25, 0.3) is 0 Å². The van der Waals surface area contributed by atoms with Crippen molar-refractivity contribution in [3.63, 3.8) is 0 Å². The van der Waals surface area contributed by atoms with E-state index in [1.54, 1.807) is 17.5 Å². The molecular formula is C12H8NO4S-. The maximum Gasteiger partial charge on any atom is 0.335 e.